The average molecular weight is 461 g/mol. The topological polar surface area (TPSA) is 134 Å². The van der Waals surface area contributed by atoms with E-state index in [1.807, 2.05) is 0 Å². The van der Waals surface area contributed by atoms with E-state index in [4.69, 9.17) is 24.1 Å². The Hall–Kier alpha value is -3.50. The van der Waals surface area contributed by atoms with E-state index in [-0.39, 0.29) is 25.3 Å². The van der Waals surface area contributed by atoms with Gasteiger partial charge in [-0.05, 0) is 49.1 Å². The van der Waals surface area contributed by atoms with Crippen molar-refractivity contribution in [1.29, 1.82) is 0 Å². The van der Waals surface area contributed by atoms with Gasteiger partial charge >= 0.3 is 5.97 Å². The summed E-state index contributed by atoms with van der Waals surface area (Å²) in [4.78, 5) is 35.0. The summed E-state index contributed by atoms with van der Waals surface area (Å²) in [6.07, 6.45) is 0.188. The van der Waals surface area contributed by atoms with E-state index in [1.54, 1.807) is 18.2 Å². The molecule has 2 saturated heterocycles. The Morgan fingerprint density at radius 3 is 2.45 bits per heavy atom. The van der Waals surface area contributed by atoms with E-state index in [0.29, 0.717) is 24.3 Å². The maximum Gasteiger partial charge on any atom is 0.338 e. The van der Waals surface area contributed by atoms with Crippen LogP contribution in [-0.4, -0.2) is 54.2 Å². The number of fused-ring (bicyclic) bond motifs is 1. The molecule has 2 aromatic carbocycles. The number of aryl methyl sites for hydroxylation is 2. The minimum Gasteiger partial charge on any atom is -0.483 e. The number of hydrogen-bond donors (Lipinski definition) is 1. The maximum atomic E-state index is 12.2. The lowest BCUT2D eigenvalue weighted by atomic mass is 10.1. The molecule has 2 aliphatic heterocycles. The second-order valence-corrected chi connectivity index (χ2v) is 7.33. The number of rotatable bonds is 5. The van der Waals surface area contributed by atoms with Crippen molar-refractivity contribution in [1.82, 2.24) is 0 Å². The number of hydrogen-bond acceptors (Lipinski definition) is 8. The highest BCUT2D eigenvalue weighted by molar-refractivity contribution is 5.89. The van der Waals surface area contributed by atoms with Gasteiger partial charge < -0.3 is 24.2 Å². The van der Waals surface area contributed by atoms with Gasteiger partial charge in [-0.1, -0.05) is 36.4 Å². The van der Waals surface area contributed by atoms with Crippen LogP contribution in [0.2, 0.25) is 0 Å². The molecule has 0 aliphatic carbocycles. The summed E-state index contributed by atoms with van der Waals surface area (Å²) in [5, 5.41) is 16.2. The number of carbonyl (C=O) groups is 2. The molecule has 1 N–H and O–H groups in total. The number of carbonyl (C=O) groups excluding carboxylic acids is 1. The fourth-order valence-corrected chi connectivity index (χ4v) is 3.31. The van der Waals surface area contributed by atoms with Crippen LogP contribution in [0.4, 0.5) is 0 Å². The van der Waals surface area contributed by atoms with Crippen molar-refractivity contribution >= 4 is 12.4 Å². The highest BCUT2D eigenvalue weighted by Crippen LogP contribution is 2.28. The zero-order valence-corrected chi connectivity index (χ0v) is 18.4. The molecule has 0 saturated carbocycles. The van der Waals surface area contributed by atoms with Crippen LogP contribution in [-0.2, 0) is 30.4 Å². The Balaban J connectivity index is 0.000000291. The minimum atomic E-state index is -0.877. The standard InChI is InChI=1S/C14H15NO7.C8H10.CH2O2/c16-14(22-12-8-20-11-4-5-19-13(11)12)10-3-1-2-9(6-10)7-21-15(17)18;1-7-5-3-4-6-8(7)2;2-1-3/h1-3,6,11-13H,4-5,7-8H2;3-6H,1-2H3;1H,(H,2,3)/t11-,12?,13+;;/m1../s1. The molecule has 2 aromatic rings. The number of ether oxygens (including phenoxy) is 3. The maximum absolute atomic E-state index is 12.2. The number of carboxylic acid groups (broad SMARTS) is 1. The van der Waals surface area contributed by atoms with E-state index < -0.39 is 17.2 Å². The molecule has 178 valence electrons. The third-order valence-electron chi connectivity index (χ3n) is 5.10. The van der Waals surface area contributed by atoms with Crippen LogP contribution in [0.3, 0.4) is 0 Å². The summed E-state index contributed by atoms with van der Waals surface area (Å²) in [5.74, 6) is -0.507. The molecule has 0 bridgehead atoms. The largest absolute Gasteiger partial charge is 0.483 e. The molecular weight excluding hydrogens is 434 g/mol. The highest BCUT2D eigenvalue weighted by atomic mass is 16.9. The van der Waals surface area contributed by atoms with Crippen molar-refractivity contribution in [2.75, 3.05) is 13.2 Å². The minimum absolute atomic E-state index is 0.00220. The molecular formula is C23H27NO9. The molecule has 0 radical (unpaired) electrons. The first-order valence-corrected chi connectivity index (χ1v) is 10.3. The Morgan fingerprint density at radius 2 is 1.85 bits per heavy atom. The van der Waals surface area contributed by atoms with Gasteiger partial charge in [0.25, 0.3) is 11.6 Å². The van der Waals surface area contributed by atoms with Gasteiger partial charge in [0.15, 0.2) is 6.10 Å². The number of esters is 1. The molecule has 4 rings (SSSR count). The predicted octanol–water partition coefficient (Wildman–Crippen LogP) is 3.11. The fourth-order valence-electron chi connectivity index (χ4n) is 3.31. The smallest absolute Gasteiger partial charge is 0.338 e. The number of nitrogens with zero attached hydrogens (tertiary/aromatic N) is 1. The Kier molecular flexibility index (Phi) is 10.3. The van der Waals surface area contributed by atoms with E-state index in [2.05, 4.69) is 43.0 Å². The lowest BCUT2D eigenvalue weighted by Gasteiger charge is -2.16. The third kappa shape index (κ3) is 8.17. The quantitative estimate of drug-likeness (QED) is 0.308. The van der Waals surface area contributed by atoms with Crippen LogP contribution in [0.5, 0.6) is 0 Å². The lowest BCUT2D eigenvalue weighted by molar-refractivity contribution is -0.763. The molecule has 0 spiro atoms. The van der Waals surface area contributed by atoms with Gasteiger partial charge in [0.05, 0.1) is 18.3 Å². The summed E-state index contributed by atoms with van der Waals surface area (Å²) < 4.78 is 16.5. The zero-order chi connectivity index (χ0) is 24.2. The van der Waals surface area contributed by atoms with Crippen LogP contribution in [0, 0.1) is 24.0 Å². The molecule has 0 amide bonds. The summed E-state index contributed by atoms with van der Waals surface area (Å²) in [5.41, 5.74) is 3.56. The second-order valence-electron chi connectivity index (χ2n) is 7.33. The molecule has 10 heteroatoms. The van der Waals surface area contributed by atoms with Gasteiger partial charge in [-0.15, -0.1) is 10.1 Å². The van der Waals surface area contributed by atoms with Crippen molar-refractivity contribution < 1.29 is 38.8 Å². The van der Waals surface area contributed by atoms with Crippen molar-refractivity contribution in [2.45, 2.75) is 45.2 Å². The monoisotopic (exact) mass is 461 g/mol. The van der Waals surface area contributed by atoms with Gasteiger partial charge in [-0.3, -0.25) is 4.79 Å². The van der Waals surface area contributed by atoms with E-state index in [1.165, 1.54) is 17.2 Å². The van der Waals surface area contributed by atoms with Gasteiger partial charge in [0, 0.05) is 6.61 Å². The molecule has 33 heavy (non-hydrogen) atoms. The van der Waals surface area contributed by atoms with Crippen LogP contribution in [0.25, 0.3) is 0 Å². The van der Waals surface area contributed by atoms with Gasteiger partial charge in [0.1, 0.15) is 12.7 Å². The molecule has 3 atom stereocenters. The first-order valence-electron chi connectivity index (χ1n) is 10.3. The average Bonchev–Trinajstić information content (AvgIpc) is 3.41. The molecule has 2 fully saturated rings. The van der Waals surface area contributed by atoms with E-state index in [9.17, 15) is 14.9 Å². The summed E-state index contributed by atoms with van der Waals surface area (Å²) in [6, 6.07) is 14.7. The highest BCUT2D eigenvalue weighted by Gasteiger charge is 2.44. The predicted molar refractivity (Wildman–Crippen MR) is 116 cm³/mol. The Bertz CT molecular complexity index is 913. The SMILES string of the molecule is Cc1ccccc1C.O=C(OC1CO[C@@H]2CCO[C@H]12)c1cccc(CO[N+](=O)[O-])c1.O=CO. The third-order valence-corrected chi connectivity index (χ3v) is 5.10. The first kappa shape index (κ1) is 25.8. The van der Waals surface area contributed by atoms with Crippen LogP contribution in [0.1, 0.15) is 33.5 Å². The van der Waals surface area contributed by atoms with E-state index in [0.717, 1.165) is 6.42 Å². The van der Waals surface area contributed by atoms with Crippen molar-refractivity contribution in [3.05, 3.63) is 80.9 Å². The summed E-state index contributed by atoms with van der Waals surface area (Å²) in [7, 11) is 0. The van der Waals surface area contributed by atoms with Crippen LogP contribution < -0.4 is 0 Å². The van der Waals surface area contributed by atoms with Gasteiger partial charge in [0.2, 0.25) is 0 Å². The second kappa shape index (κ2) is 13.1. The van der Waals surface area contributed by atoms with Crippen LogP contribution >= 0.6 is 0 Å². The van der Waals surface area contributed by atoms with Gasteiger partial charge in [-0.2, -0.15) is 0 Å². The summed E-state index contributed by atoms with van der Waals surface area (Å²) in [6.45, 7) is 4.71. The van der Waals surface area contributed by atoms with Crippen molar-refractivity contribution in [3.8, 4) is 0 Å². The number of benzene rings is 2. The van der Waals surface area contributed by atoms with Gasteiger partial charge in [-0.25, -0.2) is 4.79 Å². The summed E-state index contributed by atoms with van der Waals surface area (Å²) >= 11 is 0. The zero-order valence-electron chi connectivity index (χ0n) is 18.4. The lowest BCUT2D eigenvalue weighted by Crippen LogP contribution is -2.32. The Labute approximate surface area is 191 Å². The molecule has 2 heterocycles. The Morgan fingerprint density at radius 1 is 1.18 bits per heavy atom. The molecule has 2 aliphatic rings. The van der Waals surface area contributed by atoms with Crippen molar-refractivity contribution in [3.63, 3.8) is 0 Å². The first-order chi connectivity index (χ1) is 15.8. The van der Waals surface area contributed by atoms with E-state index >= 15 is 0 Å². The molecule has 0 aromatic heterocycles. The van der Waals surface area contributed by atoms with Crippen LogP contribution in [0.15, 0.2) is 48.5 Å². The molecule has 1 unspecified atom stereocenters. The normalized spacial score (nSPS) is 20.2. The van der Waals surface area contributed by atoms with Crippen molar-refractivity contribution in [2.24, 2.45) is 0 Å². The molecule has 10 nitrogen and oxygen atoms in total. The fraction of sp³-hybridized carbons (Fsp3) is 0.391.